The van der Waals surface area contributed by atoms with E-state index in [-0.39, 0.29) is 37.5 Å². The van der Waals surface area contributed by atoms with Crippen LogP contribution in [0.1, 0.15) is 258 Å². The normalized spacial score (nSPS) is 12.7. The minimum Gasteiger partial charge on any atom is -0.462 e. The molecule has 0 aliphatic carbocycles. The summed E-state index contributed by atoms with van der Waals surface area (Å²) >= 11 is 0. The Morgan fingerprint density at radius 3 is 1.06 bits per heavy atom. The van der Waals surface area contributed by atoms with Crippen molar-refractivity contribution in [3.05, 3.63) is 85.1 Å². The molecule has 6 heteroatoms. The van der Waals surface area contributed by atoms with Crippen molar-refractivity contribution >= 4 is 17.9 Å². The molecule has 0 fully saturated rings. The molecule has 0 N–H and O–H groups in total. The highest BCUT2D eigenvalue weighted by atomic mass is 16.6. The number of hydrogen-bond acceptors (Lipinski definition) is 6. The summed E-state index contributed by atoms with van der Waals surface area (Å²) in [6.07, 6.45) is 70.1. The topological polar surface area (TPSA) is 78.9 Å². The third kappa shape index (κ3) is 51.6. The number of rotatable bonds is 49. The third-order valence-corrected chi connectivity index (χ3v) is 11.6. The molecule has 1 unspecified atom stereocenters. The van der Waals surface area contributed by atoms with Crippen LogP contribution in [-0.2, 0) is 28.6 Å². The Hall–Kier alpha value is -3.41. The lowest BCUT2D eigenvalue weighted by Gasteiger charge is -2.18. The number of hydrogen-bond donors (Lipinski definition) is 0. The smallest absolute Gasteiger partial charge is 0.306 e. The first kappa shape index (κ1) is 62.6. The fourth-order valence-electron chi connectivity index (χ4n) is 7.51. The zero-order chi connectivity index (χ0) is 47.9. The fraction of sp³-hybridized carbons (Fsp3) is 0.717. The van der Waals surface area contributed by atoms with Gasteiger partial charge in [-0.1, -0.05) is 247 Å². The maximum Gasteiger partial charge on any atom is 0.306 e. The summed E-state index contributed by atoms with van der Waals surface area (Å²) in [6.45, 7) is 6.43. The van der Waals surface area contributed by atoms with E-state index in [1.165, 1.54) is 122 Å². The molecule has 6 nitrogen and oxygen atoms in total. The van der Waals surface area contributed by atoms with Crippen molar-refractivity contribution in [1.29, 1.82) is 0 Å². The molecule has 0 saturated heterocycles. The van der Waals surface area contributed by atoms with Crippen molar-refractivity contribution in [2.24, 2.45) is 0 Å². The summed E-state index contributed by atoms with van der Waals surface area (Å²) in [6, 6.07) is 0. The Morgan fingerprint density at radius 2 is 0.636 bits per heavy atom. The van der Waals surface area contributed by atoms with E-state index in [1.54, 1.807) is 0 Å². The molecular weight excluding hydrogens is 817 g/mol. The second kappa shape index (κ2) is 54.2. The van der Waals surface area contributed by atoms with Crippen molar-refractivity contribution in [1.82, 2.24) is 0 Å². The van der Waals surface area contributed by atoms with Gasteiger partial charge in [0.2, 0.25) is 0 Å². The molecule has 0 spiro atoms. The minimum atomic E-state index is -0.808. The highest BCUT2D eigenvalue weighted by Crippen LogP contribution is 2.16. The van der Waals surface area contributed by atoms with Gasteiger partial charge < -0.3 is 14.2 Å². The molecule has 378 valence electrons. The van der Waals surface area contributed by atoms with Gasteiger partial charge in [0.25, 0.3) is 0 Å². The van der Waals surface area contributed by atoms with Gasteiger partial charge in [-0.15, -0.1) is 0 Å². The van der Waals surface area contributed by atoms with E-state index in [2.05, 4.69) is 99.8 Å². The van der Waals surface area contributed by atoms with Gasteiger partial charge in [-0.3, -0.25) is 14.4 Å². The highest BCUT2D eigenvalue weighted by molar-refractivity contribution is 5.71. The molecule has 0 heterocycles. The van der Waals surface area contributed by atoms with Crippen LogP contribution in [0.25, 0.3) is 0 Å². The van der Waals surface area contributed by atoms with Gasteiger partial charge >= 0.3 is 17.9 Å². The van der Waals surface area contributed by atoms with Gasteiger partial charge in [-0.2, -0.15) is 0 Å². The summed E-state index contributed by atoms with van der Waals surface area (Å²) < 4.78 is 16.7. The highest BCUT2D eigenvalue weighted by Gasteiger charge is 2.19. The number of allylic oxidation sites excluding steroid dienone is 14. The Kier molecular flexibility index (Phi) is 51.4. The Balaban J connectivity index is 4.45. The Morgan fingerprint density at radius 1 is 0.318 bits per heavy atom. The SMILES string of the molecule is CC/C=C\C/C=C\C/C=C\C/C=C\C/C=C\C/C=C\CCC(=O)OCC(COC(=O)CCCCCCC/C=C\CCCC)OC(=O)CCCCCCCCCCCCCCCCCCCC. The average molecular weight is 919 g/mol. The van der Waals surface area contributed by atoms with E-state index < -0.39 is 6.10 Å². The van der Waals surface area contributed by atoms with Gasteiger partial charge in [-0.05, 0) is 77.0 Å². The number of ether oxygens (including phenoxy) is 3. The largest absolute Gasteiger partial charge is 0.462 e. The van der Waals surface area contributed by atoms with Gasteiger partial charge in [0.1, 0.15) is 13.2 Å². The zero-order valence-electron chi connectivity index (χ0n) is 43.2. The number of esters is 3. The molecule has 0 rings (SSSR count). The quantitative estimate of drug-likeness (QED) is 0.0262. The van der Waals surface area contributed by atoms with E-state index >= 15 is 0 Å². The molecule has 0 bridgehead atoms. The molecule has 0 aromatic carbocycles. The van der Waals surface area contributed by atoms with Crippen LogP contribution >= 0.6 is 0 Å². The van der Waals surface area contributed by atoms with Crippen molar-refractivity contribution in [2.45, 2.75) is 264 Å². The van der Waals surface area contributed by atoms with Gasteiger partial charge in [0, 0.05) is 19.3 Å². The van der Waals surface area contributed by atoms with Crippen LogP contribution < -0.4 is 0 Å². The molecule has 66 heavy (non-hydrogen) atoms. The summed E-state index contributed by atoms with van der Waals surface area (Å²) in [7, 11) is 0. The molecule has 0 aliphatic heterocycles. The monoisotopic (exact) mass is 919 g/mol. The van der Waals surface area contributed by atoms with Gasteiger partial charge in [0.15, 0.2) is 6.10 Å². The number of unbranched alkanes of at least 4 members (excludes halogenated alkanes) is 24. The second-order valence-electron chi connectivity index (χ2n) is 18.1. The molecule has 0 aliphatic rings. The maximum atomic E-state index is 12.8. The predicted molar refractivity (Wildman–Crippen MR) is 284 cm³/mol. The summed E-state index contributed by atoms with van der Waals surface area (Å²) in [5, 5.41) is 0. The van der Waals surface area contributed by atoms with Crippen LogP contribution in [0.4, 0.5) is 0 Å². The van der Waals surface area contributed by atoms with Crippen molar-refractivity contribution in [3.8, 4) is 0 Å². The van der Waals surface area contributed by atoms with Crippen LogP contribution in [0.2, 0.25) is 0 Å². The summed E-state index contributed by atoms with van der Waals surface area (Å²) in [5.74, 6) is -0.994. The van der Waals surface area contributed by atoms with Crippen molar-refractivity contribution in [2.75, 3.05) is 13.2 Å². The zero-order valence-corrected chi connectivity index (χ0v) is 43.2. The molecule has 0 aromatic rings. The van der Waals surface area contributed by atoms with Crippen LogP contribution in [0.15, 0.2) is 85.1 Å². The molecule has 0 saturated carbocycles. The number of carbonyl (C=O) groups excluding carboxylic acids is 3. The van der Waals surface area contributed by atoms with E-state index in [0.717, 1.165) is 89.9 Å². The first-order valence-corrected chi connectivity index (χ1v) is 27.6. The maximum absolute atomic E-state index is 12.8. The average Bonchev–Trinajstić information content (AvgIpc) is 3.31. The van der Waals surface area contributed by atoms with E-state index in [9.17, 15) is 14.4 Å². The molecule has 0 aromatic heterocycles. The van der Waals surface area contributed by atoms with E-state index in [4.69, 9.17) is 14.2 Å². The van der Waals surface area contributed by atoms with Crippen LogP contribution in [0, 0.1) is 0 Å². The van der Waals surface area contributed by atoms with E-state index in [0.29, 0.717) is 19.3 Å². The van der Waals surface area contributed by atoms with Crippen LogP contribution in [0.3, 0.4) is 0 Å². The second-order valence-corrected chi connectivity index (χ2v) is 18.1. The Bertz CT molecular complexity index is 1290. The van der Waals surface area contributed by atoms with Gasteiger partial charge in [-0.25, -0.2) is 0 Å². The first-order chi connectivity index (χ1) is 32.5. The van der Waals surface area contributed by atoms with Crippen LogP contribution in [0.5, 0.6) is 0 Å². The van der Waals surface area contributed by atoms with Gasteiger partial charge in [0.05, 0.1) is 0 Å². The lowest BCUT2D eigenvalue weighted by molar-refractivity contribution is -0.166. The molecular formula is C60H102O6. The van der Waals surface area contributed by atoms with Crippen molar-refractivity contribution in [3.63, 3.8) is 0 Å². The van der Waals surface area contributed by atoms with Crippen molar-refractivity contribution < 1.29 is 28.6 Å². The minimum absolute atomic E-state index is 0.103. The number of carbonyl (C=O) groups is 3. The molecule has 1 atom stereocenters. The van der Waals surface area contributed by atoms with Crippen LogP contribution in [-0.4, -0.2) is 37.2 Å². The fourth-order valence-corrected chi connectivity index (χ4v) is 7.51. The van der Waals surface area contributed by atoms with E-state index in [1.807, 2.05) is 6.08 Å². The third-order valence-electron chi connectivity index (χ3n) is 11.6. The molecule has 0 radical (unpaired) electrons. The first-order valence-electron chi connectivity index (χ1n) is 27.6. The lowest BCUT2D eigenvalue weighted by Crippen LogP contribution is -2.30. The standard InChI is InChI=1S/C60H102O6/c1-4-7-10-13-16-19-22-24-26-28-30-32-33-35-38-41-44-47-50-53-59(62)65-56-57(55-64-58(61)52-49-46-43-40-37-21-18-15-12-9-6-3)66-60(63)54-51-48-45-42-39-36-34-31-29-27-25-23-20-17-14-11-8-5-2/h7,10,15-16,18-19,24,26,30,32,35,38,44,47,57H,4-6,8-9,11-14,17,20-23,25,27-29,31,33-34,36-37,39-43,45-46,48-56H2,1-3H3/b10-7-,18-15-,19-16-,26-24-,32-30-,38-35-,47-44-. The predicted octanol–water partition coefficient (Wildman–Crippen LogP) is 18.4. The summed E-state index contributed by atoms with van der Waals surface area (Å²) in [4.78, 5) is 38.0. The summed E-state index contributed by atoms with van der Waals surface area (Å²) in [5.41, 5.74) is 0. The molecule has 0 amide bonds. The Labute approximate surface area is 407 Å². The lowest BCUT2D eigenvalue weighted by atomic mass is 10.0.